The normalized spacial score (nSPS) is 17.8. The van der Waals surface area contributed by atoms with Crippen LogP contribution in [-0.2, 0) is 19.3 Å². The molecule has 1 aliphatic heterocycles. The summed E-state index contributed by atoms with van der Waals surface area (Å²) in [6, 6.07) is 0. The summed E-state index contributed by atoms with van der Waals surface area (Å²) in [4.78, 5) is 1.72. The molecular formula is C8H11F3N6O. The van der Waals surface area contributed by atoms with Gasteiger partial charge in [0.05, 0.1) is 13.1 Å². The molecule has 2 heterocycles. The van der Waals surface area contributed by atoms with Crippen molar-refractivity contribution in [2.45, 2.75) is 19.3 Å². The number of nitrogens with two attached hydrogens (primary N) is 1. The number of aromatic nitrogens is 3. The van der Waals surface area contributed by atoms with Gasteiger partial charge in [0.15, 0.2) is 5.84 Å². The summed E-state index contributed by atoms with van der Waals surface area (Å²) in [6.45, 7) is 0.824. The molecule has 18 heavy (non-hydrogen) atoms. The maximum Gasteiger partial charge on any atom is 0.451 e. The largest absolute Gasteiger partial charge is 0.451 e. The monoisotopic (exact) mass is 264 g/mol. The Kier molecular flexibility index (Phi) is 3.11. The Balaban J connectivity index is 2.15. The molecule has 2 rings (SSSR count). The number of alkyl halides is 3. The van der Waals surface area contributed by atoms with Gasteiger partial charge in [-0.1, -0.05) is 5.16 Å². The summed E-state index contributed by atoms with van der Waals surface area (Å²) in [7, 11) is 0. The first kappa shape index (κ1) is 12.6. The molecular weight excluding hydrogens is 253 g/mol. The third kappa shape index (κ3) is 2.37. The van der Waals surface area contributed by atoms with Crippen LogP contribution in [0.15, 0.2) is 5.16 Å². The van der Waals surface area contributed by atoms with E-state index in [1.165, 1.54) is 0 Å². The zero-order chi connectivity index (χ0) is 13.3. The third-order valence-corrected chi connectivity index (χ3v) is 2.60. The molecule has 0 unspecified atom stereocenters. The zero-order valence-electron chi connectivity index (χ0n) is 9.22. The van der Waals surface area contributed by atoms with Gasteiger partial charge in [0.1, 0.15) is 5.82 Å². The number of halogens is 3. The van der Waals surface area contributed by atoms with Crippen molar-refractivity contribution in [2.24, 2.45) is 10.9 Å². The van der Waals surface area contributed by atoms with Gasteiger partial charge in [-0.3, -0.25) is 4.90 Å². The molecule has 0 fully saturated rings. The van der Waals surface area contributed by atoms with Gasteiger partial charge in [0, 0.05) is 13.1 Å². The molecule has 10 heteroatoms. The highest BCUT2D eigenvalue weighted by Crippen LogP contribution is 2.29. The van der Waals surface area contributed by atoms with E-state index in [0.29, 0.717) is 6.54 Å². The van der Waals surface area contributed by atoms with Crippen molar-refractivity contribution in [3.63, 3.8) is 0 Å². The van der Waals surface area contributed by atoms with E-state index in [1.807, 2.05) is 0 Å². The number of nitrogens with zero attached hydrogens (tertiary/aromatic N) is 5. The second-order valence-corrected chi connectivity index (χ2v) is 3.89. The first-order valence-electron chi connectivity index (χ1n) is 5.10. The van der Waals surface area contributed by atoms with Gasteiger partial charge in [-0.2, -0.15) is 13.2 Å². The highest BCUT2D eigenvalue weighted by Gasteiger charge is 2.39. The quantitative estimate of drug-likeness (QED) is 0.335. The molecule has 3 N–H and O–H groups in total. The Bertz CT molecular complexity index is 468. The summed E-state index contributed by atoms with van der Waals surface area (Å²) in [5.41, 5.74) is 5.33. The molecule has 0 aromatic carbocycles. The van der Waals surface area contributed by atoms with Gasteiger partial charge in [0.2, 0.25) is 5.82 Å². The van der Waals surface area contributed by atoms with Gasteiger partial charge in [-0.05, 0) is 0 Å². The number of hydrogen-bond acceptors (Lipinski definition) is 5. The molecule has 0 spiro atoms. The molecule has 0 radical (unpaired) electrons. The van der Waals surface area contributed by atoms with Crippen LogP contribution >= 0.6 is 0 Å². The lowest BCUT2D eigenvalue weighted by Gasteiger charge is -2.27. The summed E-state index contributed by atoms with van der Waals surface area (Å²) in [6.07, 6.45) is -4.50. The minimum absolute atomic E-state index is 0.000917. The number of hydrogen-bond donors (Lipinski definition) is 2. The smallest absolute Gasteiger partial charge is 0.409 e. The number of rotatable bonds is 2. The minimum Gasteiger partial charge on any atom is -0.409 e. The molecule has 100 valence electrons. The van der Waals surface area contributed by atoms with E-state index >= 15 is 0 Å². The van der Waals surface area contributed by atoms with Gasteiger partial charge < -0.3 is 15.5 Å². The van der Waals surface area contributed by atoms with Crippen LogP contribution in [0.5, 0.6) is 0 Å². The van der Waals surface area contributed by atoms with Crippen LogP contribution in [0.25, 0.3) is 0 Å². The van der Waals surface area contributed by atoms with Crippen LogP contribution in [-0.4, -0.2) is 43.8 Å². The predicted molar refractivity (Wildman–Crippen MR) is 53.7 cm³/mol. The molecule has 7 nitrogen and oxygen atoms in total. The summed E-state index contributed by atoms with van der Waals surface area (Å²) >= 11 is 0. The number of amidine groups is 1. The van der Waals surface area contributed by atoms with Crippen LogP contribution in [0.2, 0.25) is 0 Å². The predicted octanol–water partition coefficient (Wildman–Crippen LogP) is -0.141. The molecule has 0 saturated heterocycles. The second kappa shape index (κ2) is 4.44. The molecule has 0 saturated carbocycles. The van der Waals surface area contributed by atoms with E-state index in [4.69, 9.17) is 10.9 Å². The van der Waals surface area contributed by atoms with E-state index in [2.05, 4.69) is 15.4 Å². The van der Waals surface area contributed by atoms with Crippen LogP contribution in [0.1, 0.15) is 11.6 Å². The van der Waals surface area contributed by atoms with Crippen LogP contribution < -0.4 is 5.73 Å². The molecule has 0 atom stereocenters. The Labute approximate surface area is 99.7 Å². The zero-order valence-corrected chi connectivity index (χ0v) is 9.22. The van der Waals surface area contributed by atoms with Crippen LogP contribution in [0, 0.1) is 0 Å². The Hall–Kier alpha value is -1.84. The fourth-order valence-corrected chi connectivity index (χ4v) is 1.81. The van der Waals surface area contributed by atoms with Crippen molar-refractivity contribution in [1.29, 1.82) is 0 Å². The van der Waals surface area contributed by atoms with Crippen LogP contribution in [0.4, 0.5) is 13.2 Å². The standard InChI is InChI=1S/C8H11F3N6O/c9-8(10,11)7-14-13-6-4-16(1-2-17(6)7)3-5(12)15-18/h18H,1-4H2,(H2,12,15). The van der Waals surface area contributed by atoms with Crippen LogP contribution in [0.3, 0.4) is 0 Å². The third-order valence-electron chi connectivity index (χ3n) is 2.60. The maximum atomic E-state index is 12.6. The summed E-state index contributed by atoms with van der Waals surface area (Å²) in [5, 5.41) is 17.9. The van der Waals surface area contributed by atoms with Crippen molar-refractivity contribution in [2.75, 3.05) is 13.1 Å². The molecule has 0 bridgehead atoms. The Morgan fingerprint density at radius 3 is 2.72 bits per heavy atom. The molecule has 0 aliphatic carbocycles. The molecule has 1 aromatic rings. The average molecular weight is 264 g/mol. The van der Waals surface area contributed by atoms with Gasteiger partial charge >= 0.3 is 6.18 Å². The van der Waals surface area contributed by atoms with E-state index in [0.717, 1.165) is 4.57 Å². The van der Waals surface area contributed by atoms with Gasteiger partial charge in [0.25, 0.3) is 0 Å². The lowest BCUT2D eigenvalue weighted by atomic mass is 10.3. The van der Waals surface area contributed by atoms with Crippen molar-refractivity contribution in [3.05, 3.63) is 11.6 Å². The van der Waals surface area contributed by atoms with Gasteiger partial charge in [-0.25, -0.2) is 0 Å². The number of oxime groups is 1. The number of fused-ring (bicyclic) bond motifs is 1. The maximum absolute atomic E-state index is 12.6. The van der Waals surface area contributed by atoms with Gasteiger partial charge in [-0.15, -0.1) is 10.2 Å². The lowest BCUT2D eigenvalue weighted by molar-refractivity contribution is -0.148. The van der Waals surface area contributed by atoms with E-state index in [9.17, 15) is 13.2 Å². The highest BCUT2D eigenvalue weighted by molar-refractivity contribution is 5.81. The SMILES string of the molecule is NC(CN1CCn2c(nnc2C(F)(F)F)C1)=NO. The Morgan fingerprint density at radius 2 is 2.11 bits per heavy atom. The van der Waals surface area contributed by atoms with E-state index in [-0.39, 0.29) is 31.3 Å². The summed E-state index contributed by atoms with van der Waals surface area (Å²) < 4.78 is 38.7. The minimum atomic E-state index is -4.50. The topological polar surface area (TPSA) is 92.6 Å². The lowest BCUT2D eigenvalue weighted by Crippen LogP contribution is -2.40. The average Bonchev–Trinajstić information content (AvgIpc) is 2.71. The molecule has 1 aliphatic rings. The van der Waals surface area contributed by atoms with Crippen molar-refractivity contribution in [1.82, 2.24) is 19.7 Å². The van der Waals surface area contributed by atoms with Crippen molar-refractivity contribution < 1.29 is 18.4 Å². The summed E-state index contributed by atoms with van der Waals surface area (Å²) in [5.74, 6) is -0.765. The van der Waals surface area contributed by atoms with Crippen molar-refractivity contribution >= 4 is 5.84 Å². The second-order valence-electron chi connectivity index (χ2n) is 3.89. The molecule has 0 amide bonds. The molecule has 1 aromatic heterocycles. The fraction of sp³-hybridized carbons (Fsp3) is 0.625. The first-order valence-corrected chi connectivity index (χ1v) is 5.10. The first-order chi connectivity index (χ1) is 8.41. The van der Waals surface area contributed by atoms with E-state index in [1.54, 1.807) is 4.90 Å². The Morgan fingerprint density at radius 1 is 1.39 bits per heavy atom. The van der Waals surface area contributed by atoms with Crippen molar-refractivity contribution in [3.8, 4) is 0 Å². The fourth-order valence-electron chi connectivity index (χ4n) is 1.81. The highest BCUT2D eigenvalue weighted by atomic mass is 19.4. The van der Waals surface area contributed by atoms with E-state index < -0.39 is 12.0 Å².